The molecule has 38 valence electrons. The molecule has 0 saturated carbocycles. The predicted octanol–water partition coefficient (Wildman–Crippen LogP) is -1.14. The van der Waals surface area contributed by atoms with Crippen molar-refractivity contribution in [2.24, 2.45) is 10.7 Å². The van der Waals surface area contributed by atoms with Gasteiger partial charge in [0.15, 0.2) is 6.40 Å². The van der Waals surface area contributed by atoms with Gasteiger partial charge in [-0.25, -0.2) is 0 Å². The number of nitrogens with zero attached hydrogens (tertiary/aromatic N) is 1. The van der Waals surface area contributed by atoms with E-state index in [1.807, 2.05) is 0 Å². The molecule has 1 aliphatic rings. The van der Waals surface area contributed by atoms with Crippen molar-refractivity contribution < 1.29 is 9.53 Å². The van der Waals surface area contributed by atoms with Crippen molar-refractivity contribution in [1.29, 1.82) is 0 Å². The quantitative estimate of drug-likeness (QED) is 0.418. The predicted molar refractivity (Wildman–Crippen MR) is 22.6 cm³/mol. The molecule has 0 aromatic heterocycles. The van der Waals surface area contributed by atoms with E-state index in [1.54, 1.807) is 0 Å². The monoisotopic (exact) mass is 100 g/mol. The second kappa shape index (κ2) is 1.31. The summed E-state index contributed by atoms with van der Waals surface area (Å²) in [6.45, 7) is 0. The van der Waals surface area contributed by atoms with Crippen LogP contribution < -0.4 is 5.73 Å². The third-order valence-electron chi connectivity index (χ3n) is 0.631. The molecule has 7 heavy (non-hydrogen) atoms. The van der Waals surface area contributed by atoms with Gasteiger partial charge in [0, 0.05) is 0 Å². The highest BCUT2D eigenvalue weighted by molar-refractivity contribution is 5.90. The maximum absolute atomic E-state index is 10.1. The van der Waals surface area contributed by atoms with Gasteiger partial charge in [0.1, 0.15) is 0 Å². The molecule has 1 aliphatic heterocycles. The van der Waals surface area contributed by atoms with Crippen LogP contribution in [0.4, 0.5) is 0 Å². The van der Waals surface area contributed by atoms with E-state index in [4.69, 9.17) is 5.73 Å². The van der Waals surface area contributed by atoms with Crippen molar-refractivity contribution in [1.82, 2.24) is 0 Å². The highest BCUT2D eigenvalue weighted by Crippen LogP contribution is 1.91. The summed E-state index contributed by atoms with van der Waals surface area (Å²) < 4.78 is 4.40. The number of amides is 1. The molecule has 0 aliphatic carbocycles. The van der Waals surface area contributed by atoms with Crippen molar-refractivity contribution in [3.8, 4) is 0 Å². The largest absolute Gasteiger partial charge is 0.455 e. The van der Waals surface area contributed by atoms with Crippen molar-refractivity contribution in [3.05, 3.63) is 0 Å². The average Bonchev–Trinajstić information content (AvgIpc) is 1.91. The molecule has 0 aromatic carbocycles. The molecule has 1 unspecified atom stereocenters. The lowest BCUT2D eigenvalue weighted by Gasteiger charge is -1.93. The molecule has 4 heteroatoms. The van der Waals surface area contributed by atoms with Crippen molar-refractivity contribution in [3.63, 3.8) is 0 Å². The fraction of sp³-hybridized carbons (Fsp3) is 0.333. The lowest BCUT2D eigenvalue weighted by atomic mass is 10.6. The normalized spacial score (nSPS) is 28.1. The van der Waals surface area contributed by atoms with Gasteiger partial charge in [-0.3, -0.25) is 10.5 Å². The number of carbonyl (C=O) groups excluding carboxylic acids is 1. The van der Waals surface area contributed by atoms with Gasteiger partial charge in [-0.15, -0.1) is 0 Å². The number of nitrogens with two attached hydrogens (primary N) is 1. The fourth-order valence-electron chi connectivity index (χ4n) is 0.280. The second-order valence-electron chi connectivity index (χ2n) is 1.13. The van der Waals surface area contributed by atoms with E-state index < -0.39 is 12.1 Å². The average molecular weight is 100 g/mol. The van der Waals surface area contributed by atoms with Crippen molar-refractivity contribution >= 4 is 12.3 Å². The summed E-state index contributed by atoms with van der Waals surface area (Å²) in [5.41, 5.74) is 4.98. The zero-order chi connectivity index (χ0) is 5.28. The van der Waals surface area contributed by atoms with Gasteiger partial charge in [0.05, 0.1) is 0 Å². The molecule has 0 spiro atoms. The minimum Gasteiger partial charge on any atom is -0.455 e. The van der Waals surface area contributed by atoms with Crippen LogP contribution in [-0.2, 0) is 9.53 Å². The molecule has 0 radical (unpaired) electrons. The molecule has 0 fully saturated rings. The number of ether oxygens (including phenoxy) is 1. The van der Waals surface area contributed by atoms with Crippen LogP contribution in [0.3, 0.4) is 0 Å². The van der Waals surface area contributed by atoms with E-state index in [1.165, 1.54) is 0 Å². The van der Waals surface area contributed by atoms with E-state index in [-0.39, 0.29) is 0 Å². The van der Waals surface area contributed by atoms with Gasteiger partial charge in [-0.1, -0.05) is 0 Å². The van der Waals surface area contributed by atoms with Crippen LogP contribution in [0.2, 0.25) is 0 Å². The molecule has 1 heterocycles. The Morgan fingerprint density at radius 2 is 2.71 bits per heavy atom. The Balaban J connectivity index is 2.62. The van der Waals surface area contributed by atoms with Gasteiger partial charge in [-0.05, 0) is 0 Å². The summed E-state index contributed by atoms with van der Waals surface area (Å²) >= 11 is 0. The highest BCUT2D eigenvalue weighted by Gasteiger charge is 2.16. The topological polar surface area (TPSA) is 64.7 Å². The van der Waals surface area contributed by atoms with E-state index >= 15 is 0 Å². The third kappa shape index (κ3) is 0.592. The summed E-state index contributed by atoms with van der Waals surface area (Å²) in [4.78, 5) is 13.3. The molecular formula is C3H4N2O2. The Labute approximate surface area is 40.0 Å². The van der Waals surface area contributed by atoms with Crippen LogP contribution in [0.5, 0.6) is 0 Å². The summed E-state index contributed by atoms with van der Waals surface area (Å²) in [6, 6.07) is 0. The molecule has 2 N–H and O–H groups in total. The SMILES string of the molecule is NC1OC=NC1=O. The van der Waals surface area contributed by atoms with E-state index in [0.717, 1.165) is 6.40 Å². The number of hydrogen-bond acceptors (Lipinski definition) is 3. The number of aliphatic imine (C=N–C) groups is 1. The molecule has 1 atom stereocenters. The van der Waals surface area contributed by atoms with E-state index in [0.29, 0.717) is 0 Å². The maximum atomic E-state index is 10.1. The van der Waals surface area contributed by atoms with Crippen molar-refractivity contribution in [2.45, 2.75) is 6.23 Å². The van der Waals surface area contributed by atoms with Crippen LogP contribution >= 0.6 is 0 Å². The Bertz CT molecular complexity index is 120. The molecule has 0 saturated heterocycles. The first-order chi connectivity index (χ1) is 3.30. The number of rotatable bonds is 0. The van der Waals surface area contributed by atoms with Crippen LogP contribution in [0.1, 0.15) is 0 Å². The lowest BCUT2D eigenvalue weighted by molar-refractivity contribution is -0.122. The minimum atomic E-state index is -0.847. The van der Waals surface area contributed by atoms with Crippen LogP contribution in [0, 0.1) is 0 Å². The molecule has 4 nitrogen and oxygen atoms in total. The first kappa shape index (κ1) is 4.26. The summed E-state index contributed by atoms with van der Waals surface area (Å²) in [6.07, 6.45) is 0.201. The zero-order valence-corrected chi connectivity index (χ0v) is 3.50. The molecular weight excluding hydrogens is 96.0 g/mol. The molecule has 0 aromatic rings. The Kier molecular flexibility index (Phi) is 0.796. The van der Waals surface area contributed by atoms with Gasteiger partial charge in [0.25, 0.3) is 0 Å². The number of hydrogen-bond donors (Lipinski definition) is 1. The van der Waals surface area contributed by atoms with Gasteiger partial charge in [-0.2, -0.15) is 4.99 Å². The first-order valence-corrected chi connectivity index (χ1v) is 1.78. The van der Waals surface area contributed by atoms with Gasteiger partial charge in [0.2, 0.25) is 6.23 Å². The minimum absolute atomic E-state index is 0.417. The standard InChI is InChI=1S/C3H4N2O2/c4-2-3(6)5-1-7-2/h1-2H,4H2. The van der Waals surface area contributed by atoms with Crippen LogP contribution in [0.15, 0.2) is 4.99 Å². The maximum Gasteiger partial charge on any atom is 0.304 e. The number of carbonyl (C=O) groups is 1. The summed E-state index contributed by atoms with van der Waals surface area (Å²) in [5.74, 6) is -0.417. The van der Waals surface area contributed by atoms with E-state index in [9.17, 15) is 4.79 Å². The van der Waals surface area contributed by atoms with Gasteiger partial charge >= 0.3 is 5.91 Å². The van der Waals surface area contributed by atoms with Gasteiger partial charge < -0.3 is 4.74 Å². The molecule has 1 rings (SSSR count). The van der Waals surface area contributed by atoms with Crippen molar-refractivity contribution in [2.75, 3.05) is 0 Å². The molecule has 1 amide bonds. The molecule has 0 bridgehead atoms. The highest BCUT2D eigenvalue weighted by atomic mass is 16.5. The Morgan fingerprint density at radius 1 is 2.00 bits per heavy atom. The second-order valence-corrected chi connectivity index (χ2v) is 1.13. The summed E-state index contributed by atoms with van der Waals surface area (Å²) in [5, 5.41) is 0. The zero-order valence-electron chi connectivity index (χ0n) is 3.50. The van der Waals surface area contributed by atoms with Crippen LogP contribution in [0.25, 0.3) is 0 Å². The summed E-state index contributed by atoms with van der Waals surface area (Å²) in [7, 11) is 0. The Morgan fingerprint density at radius 3 is 2.86 bits per heavy atom. The van der Waals surface area contributed by atoms with Crippen LogP contribution in [-0.4, -0.2) is 18.5 Å². The first-order valence-electron chi connectivity index (χ1n) is 1.78. The fourth-order valence-corrected chi connectivity index (χ4v) is 0.280. The lowest BCUT2D eigenvalue weighted by Crippen LogP contribution is -2.26. The smallest absolute Gasteiger partial charge is 0.304 e. The Hall–Kier alpha value is -0.900. The third-order valence-corrected chi connectivity index (χ3v) is 0.631. The van der Waals surface area contributed by atoms with E-state index in [2.05, 4.69) is 9.73 Å².